The number of fused-ring (bicyclic) bond motifs is 2. The number of nitro benzene ring substituents is 2. The molecule has 1 amide bonds. The minimum atomic E-state index is -1.69. The highest BCUT2D eigenvalue weighted by molar-refractivity contribution is 6.03. The first kappa shape index (κ1) is 50.6. The van der Waals surface area contributed by atoms with E-state index in [9.17, 15) is 40.1 Å². The predicted molar refractivity (Wildman–Crippen MR) is 263 cm³/mol. The molecule has 2 aliphatic carbocycles. The number of carbonyl (C=O) groups is 1. The SMILES string of the molecule is C=CCOC12Oc3ccc(Oc4cccc([N+](=O)[O-])c4)cc3C3C(CCCCO)C(CCCCO)C=C(C(=NOCc4ccc([N+](=O)[O-])cc4)CC1N(Cc1ccc(F)cc1)C(=O)c1ccc(C#N)cc1)C32. The van der Waals surface area contributed by atoms with E-state index >= 15 is 4.79 Å². The van der Waals surface area contributed by atoms with Gasteiger partial charge in [0.15, 0.2) is 0 Å². The Morgan fingerprint density at radius 3 is 2.26 bits per heavy atom. The lowest BCUT2D eigenvalue weighted by molar-refractivity contribution is -0.385. The quantitative estimate of drug-likeness (QED) is 0.0286. The molecule has 0 radical (unpaired) electrons. The molecular weight excluding hydrogens is 926 g/mol. The summed E-state index contributed by atoms with van der Waals surface area (Å²) >= 11 is 0. The first-order valence-electron chi connectivity index (χ1n) is 23.9. The van der Waals surface area contributed by atoms with Crippen LogP contribution in [0.25, 0.3) is 0 Å². The molecule has 16 nitrogen and oxygen atoms in total. The van der Waals surface area contributed by atoms with E-state index < -0.39 is 45.2 Å². The number of non-ortho nitro benzene ring substituents is 2. The van der Waals surface area contributed by atoms with Crippen LogP contribution in [0.5, 0.6) is 17.2 Å². The Morgan fingerprint density at radius 2 is 1.58 bits per heavy atom. The summed E-state index contributed by atoms with van der Waals surface area (Å²) in [7, 11) is 0. The average Bonchev–Trinajstić information content (AvgIpc) is 3.39. The van der Waals surface area contributed by atoms with Crippen molar-refractivity contribution in [2.75, 3.05) is 19.8 Å². The molecular formula is C55H54FN5O11. The van der Waals surface area contributed by atoms with Gasteiger partial charge in [0.05, 0.1) is 45.8 Å². The van der Waals surface area contributed by atoms with E-state index in [1.54, 1.807) is 77.7 Å². The van der Waals surface area contributed by atoms with Gasteiger partial charge in [-0.05, 0) is 127 Å². The van der Waals surface area contributed by atoms with Crippen LogP contribution >= 0.6 is 0 Å². The monoisotopic (exact) mass is 979 g/mol. The van der Waals surface area contributed by atoms with Crippen LogP contribution in [0.4, 0.5) is 15.8 Å². The second-order valence-electron chi connectivity index (χ2n) is 18.1. The summed E-state index contributed by atoms with van der Waals surface area (Å²) in [5.41, 5.74) is 3.53. The predicted octanol–water partition coefficient (Wildman–Crippen LogP) is 10.5. The fourth-order valence-corrected chi connectivity index (χ4v) is 10.4. The number of allylic oxidation sites excluding steroid dienone is 1. The standard InChI is InChI=1S/C55H54FN5O11/c1-2-28-69-55-51(59(34-37-14-20-41(56)21-15-37)54(64)39-18-12-36(33-57)13-19-39)32-49(58-70-35-38-16-22-42(23-17-38)60(65)66)47-29-40(8-3-5-26-62)46(11-4-6-27-63)52(53(47)55)48-31-45(24-25-50(48)72-55)71-44-10-7-9-43(30-44)61(67)68/h2,7,9-10,12-25,29-31,40,46,51-53,62-63H,1,3-6,8,11,26-28,32,34-35H2. The zero-order valence-electron chi connectivity index (χ0n) is 39.4. The number of carbonyl (C=O) groups excluding carboxylic acids is 1. The highest BCUT2D eigenvalue weighted by atomic mass is 19.1. The lowest BCUT2D eigenvalue weighted by Gasteiger charge is -2.60. The summed E-state index contributed by atoms with van der Waals surface area (Å²) in [6, 6.07) is 30.3. The summed E-state index contributed by atoms with van der Waals surface area (Å²) in [6.45, 7) is 3.85. The maximum Gasteiger partial charge on any atom is 0.273 e. The fourth-order valence-electron chi connectivity index (χ4n) is 10.4. The first-order valence-corrected chi connectivity index (χ1v) is 23.9. The largest absolute Gasteiger partial charge is 0.459 e. The van der Waals surface area contributed by atoms with E-state index in [0.29, 0.717) is 72.4 Å². The van der Waals surface area contributed by atoms with Crippen molar-refractivity contribution in [2.45, 2.75) is 75.8 Å². The third-order valence-corrected chi connectivity index (χ3v) is 13.6. The van der Waals surface area contributed by atoms with Crippen LogP contribution in [0.1, 0.15) is 83.5 Å². The lowest BCUT2D eigenvalue weighted by atomic mass is 9.55. The maximum atomic E-state index is 15.4. The van der Waals surface area contributed by atoms with Crippen molar-refractivity contribution in [3.8, 4) is 23.3 Å². The van der Waals surface area contributed by atoms with Gasteiger partial charge in [0.25, 0.3) is 17.3 Å². The third kappa shape index (κ3) is 11.1. The van der Waals surface area contributed by atoms with E-state index in [1.165, 1.54) is 42.5 Å². The van der Waals surface area contributed by atoms with Crippen LogP contribution in [0.2, 0.25) is 0 Å². The molecule has 0 bridgehead atoms. The molecule has 372 valence electrons. The molecule has 0 aromatic heterocycles. The van der Waals surface area contributed by atoms with Gasteiger partial charge in [0.2, 0.25) is 5.79 Å². The van der Waals surface area contributed by atoms with Crippen molar-refractivity contribution in [3.63, 3.8) is 0 Å². The van der Waals surface area contributed by atoms with E-state index in [2.05, 4.69) is 18.7 Å². The Morgan fingerprint density at radius 1 is 0.889 bits per heavy atom. The highest BCUT2D eigenvalue weighted by Crippen LogP contribution is 2.62. The number of hydrogen-bond acceptors (Lipinski definition) is 13. The van der Waals surface area contributed by atoms with Crippen molar-refractivity contribution in [1.29, 1.82) is 5.26 Å². The number of nitriles is 1. The number of aliphatic hydroxyl groups excluding tert-OH is 2. The normalized spacial score (nSPS) is 21.2. The van der Waals surface area contributed by atoms with Gasteiger partial charge >= 0.3 is 0 Å². The topological polar surface area (TPSA) is 220 Å². The number of nitro groups is 2. The molecule has 0 saturated heterocycles. The smallest absolute Gasteiger partial charge is 0.273 e. The summed E-state index contributed by atoms with van der Waals surface area (Å²) in [6.07, 6.45) is 7.53. The molecule has 5 aromatic rings. The maximum absolute atomic E-state index is 15.4. The number of amides is 1. The summed E-state index contributed by atoms with van der Waals surface area (Å²) in [4.78, 5) is 45.4. The molecule has 8 rings (SSSR count). The lowest BCUT2D eigenvalue weighted by Crippen LogP contribution is -2.70. The number of rotatable bonds is 22. The number of unbranched alkanes of at least 4 members (excludes halogenated alkanes) is 2. The molecule has 6 unspecified atom stereocenters. The van der Waals surface area contributed by atoms with Crippen molar-refractivity contribution >= 4 is 23.0 Å². The van der Waals surface area contributed by atoms with Gasteiger partial charge in [-0.15, -0.1) is 6.58 Å². The van der Waals surface area contributed by atoms with Crippen molar-refractivity contribution in [2.24, 2.45) is 22.9 Å². The minimum Gasteiger partial charge on any atom is -0.459 e. The zero-order valence-corrected chi connectivity index (χ0v) is 39.4. The van der Waals surface area contributed by atoms with E-state index in [-0.39, 0.29) is 73.9 Å². The number of halogens is 1. The molecule has 3 aliphatic rings. The Kier molecular flexibility index (Phi) is 16.1. The van der Waals surface area contributed by atoms with Crippen LogP contribution in [0.15, 0.2) is 145 Å². The summed E-state index contributed by atoms with van der Waals surface area (Å²) in [5.74, 6) is -3.04. The Labute approximate surface area is 415 Å². The molecule has 17 heteroatoms. The molecule has 1 fully saturated rings. The van der Waals surface area contributed by atoms with E-state index in [4.69, 9.17) is 24.2 Å². The number of hydrogen-bond donors (Lipinski definition) is 2. The van der Waals surface area contributed by atoms with Gasteiger partial charge in [-0.25, -0.2) is 4.39 Å². The second kappa shape index (κ2) is 23.0. The molecule has 5 aromatic carbocycles. The number of aliphatic hydroxyl groups is 2. The van der Waals surface area contributed by atoms with Gasteiger partial charge in [0.1, 0.15) is 35.7 Å². The van der Waals surface area contributed by atoms with Gasteiger partial charge in [-0.1, -0.05) is 48.3 Å². The molecule has 1 saturated carbocycles. The molecule has 72 heavy (non-hydrogen) atoms. The highest BCUT2D eigenvalue weighted by Gasteiger charge is 2.65. The van der Waals surface area contributed by atoms with Crippen LogP contribution in [-0.4, -0.2) is 68.2 Å². The van der Waals surface area contributed by atoms with Gasteiger partial charge < -0.3 is 34.2 Å². The fraction of sp³-hybridized carbons (Fsp3) is 0.327. The number of oxime groups is 1. The summed E-state index contributed by atoms with van der Waals surface area (Å²) in [5, 5.41) is 57.8. The van der Waals surface area contributed by atoms with Gasteiger partial charge in [-0.2, -0.15) is 5.26 Å². The number of ether oxygens (including phenoxy) is 3. The molecule has 2 N–H and O–H groups in total. The number of benzene rings is 5. The number of nitrogens with zero attached hydrogens (tertiary/aromatic N) is 5. The zero-order chi connectivity index (χ0) is 50.8. The van der Waals surface area contributed by atoms with Crippen molar-refractivity contribution in [3.05, 3.63) is 193 Å². The van der Waals surface area contributed by atoms with E-state index in [1.807, 2.05) is 6.07 Å². The van der Waals surface area contributed by atoms with Crippen molar-refractivity contribution in [1.82, 2.24) is 4.90 Å². The molecule has 6 atom stereocenters. The molecule has 1 aliphatic heterocycles. The van der Waals surface area contributed by atoms with Crippen LogP contribution in [-0.2, 0) is 22.7 Å². The Bertz CT molecular complexity index is 2870. The molecule has 0 spiro atoms. The van der Waals surface area contributed by atoms with Crippen LogP contribution in [0.3, 0.4) is 0 Å². The van der Waals surface area contributed by atoms with Crippen molar-refractivity contribution < 1.29 is 48.3 Å². The first-order chi connectivity index (χ1) is 35.0. The van der Waals surface area contributed by atoms with Gasteiger partial charge in [0, 0.05) is 61.4 Å². The third-order valence-electron chi connectivity index (χ3n) is 13.6. The van der Waals surface area contributed by atoms with Gasteiger partial charge in [-0.3, -0.25) is 25.0 Å². The van der Waals surface area contributed by atoms with Crippen LogP contribution in [0, 0.1) is 55.1 Å². The van der Waals surface area contributed by atoms with E-state index in [0.717, 1.165) is 11.1 Å². The Hall–Kier alpha value is -7.78. The average molecular weight is 980 g/mol. The second-order valence-corrected chi connectivity index (χ2v) is 18.1. The summed E-state index contributed by atoms with van der Waals surface area (Å²) < 4.78 is 35.3. The Balaban J connectivity index is 1.36. The minimum absolute atomic E-state index is 0.0000777. The van der Waals surface area contributed by atoms with Crippen LogP contribution < -0.4 is 9.47 Å². The molecule has 1 heterocycles.